The van der Waals surface area contributed by atoms with E-state index in [0.29, 0.717) is 12.8 Å². The second-order valence-electron chi connectivity index (χ2n) is 3.00. The summed E-state index contributed by atoms with van der Waals surface area (Å²) in [5.41, 5.74) is 0.967. The predicted molar refractivity (Wildman–Crippen MR) is 47.8 cm³/mol. The van der Waals surface area contributed by atoms with Gasteiger partial charge in [0.05, 0.1) is 12.7 Å². The Morgan fingerprint density at radius 1 is 1.23 bits per heavy atom. The molecule has 0 aliphatic carbocycles. The standard InChI is InChI=1S/C10H13FO2/c11-9-4-1-8(2-5-9)3-6-10(13)7-12/h1-2,4-5,10,12-13H,3,6-7H2. The highest BCUT2D eigenvalue weighted by Gasteiger charge is 2.02. The first-order chi connectivity index (χ1) is 6.22. The van der Waals surface area contributed by atoms with Crippen molar-refractivity contribution in [3.8, 4) is 0 Å². The topological polar surface area (TPSA) is 40.5 Å². The Hall–Kier alpha value is -0.930. The SMILES string of the molecule is OCC(O)CCc1ccc(F)cc1. The van der Waals surface area contributed by atoms with Crippen LogP contribution in [0.5, 0.6) is 0 Å². The third-order valence-corrected chi connectivity index (χ3v) is 1.89. The molecule has 0 saturated carbocycles. The number of halogens is 1. The van der Waals surface area contributed by atoms with Crippen molar-refractivity contribution in [3.05, 3.63) is 35.6 Å². The van der Waals surface area contributed by atoms with Gasteiger partial charge < -0.3 is 10.2 Å². The van der Waals surface area contributed by atoms with Gasteiger partial charge >= 0.3 is 0 Å². The van der Waals surface area contributed by atoms with Crippen molar-refractivity contribution < 1.29 is 14.6 Å². The van der Waals surface area contributed by atoms with Crippen molar-refractivity contribution in [1.82, 2.24) is 0 Å². The number of aliphatic hydroxyl groups is 2. The Balaban J connectivity index is 2.41. The Bertz CT molecular complexity index is 246. The first-order valence-corrected chi connectivity index (χ1v) is 4.25. The summed E-state index contributed by atoms with van der Waals surface area (Å²) in [6, 6.07) is 6.14. The number of hydrogen-bond donors (Lipinski definition) is 2. The summed E-state index contributed by atoms with van der Waals surface area (Å²) in [6.45, 7) is -0.221. The van der Waals surface area contributed by atoms with Crippen LogP contribution in [-0.2, 0) is 6.42 Å². The first-order valence-electron chi connectivity index (χ1n) is 4.25. The van der Waals surface area contributed by atoms with Gasteiger partial charge in [0.15, 0.2) is 0 Å². The van der Waals surface area contributed by atoms with Crippen LogP contribution in [0.25, 0.3) is 0 Å². The molecule has 0 heterocycles. The third-order valence-electron chi connectivity index (χ3n) is 1.89. The maximum absolute atomic E-state index is 12.5. The fourth-order valence-corrected chi connectivity index (χ4v) is 1.08. The van der Waals surface area contributed by atoms with E-state index in [1.165, 1.54) is 12.1 Å². The van der Waals surface area contributed by atoms with Gasteiger partial charge in [-0.25, -0.2) is 4.39 Å². The normalized spacial score (nSPS) is 12.8. The number of aliphatic hydroxyl groups excluding tert-OH is 2. The van der Waals surface area contributed by atoms with E-state index < -0.39 is 6.10 Å². The molecule has 0 saturated heterocycles. The third kappa shape index (κ3) is 3.53. The number of benzene rings is 1. The molecule has 13 heavy (non-hydrogen) atoms. The van der Waals surface area contributed by atoms with E-state index in [1.807, 2.05) is 0 Å². The van der Waals surface area contributed by atoms with Gasteiger partial charge in [-0.1, -0.05) is 12.1 Å². The molecule has 0 aliphatic rings. The van der Waals surface area contributed by atoms with Gasteiger partial charge in [0.1, 0.15) is 5.82 Å². The summed E-state index contributed by atoms with van der Waals surface area (Å²) in [6.07, 6.45) is 0.481. The highest BCUT2D eigenvalue weighted by atomic mass is 19.1. The summed E-state index contributed by atoms with van der Waals surface area (Å²) in [5.74, 6) is -0.258. The van der Waals surface area contributed by atoms with Crippen LogP contribution in [0, 0.1) is 5.82 Å². The van der Waals surface area contributed by atoms with E-state index in [2.05, 4.69) is 0 Å². The van der Waals surface area contributed by atoms with E-state index in [-0.39, 0.29) is 12.4 Å². The average molecular weight is 184 g/mol. The highest BCUT2D eigenvalue weighted by molar-refractivity contribution is 5.16. The summed E-state index contributed by atoms with van der Waals surface area (Å²) in [7, 11) is 0. The molecule has 0 amide bonds. The molecule has 0 bridgehead atoms. The molecule has 1 aromatic rings. The average Bonchev–Trinajstić information content (AvgIpc) is 2.16. The van der Waals surface area contributed by atoms with Gasteiger partial charge in [-0.05, 0) is 30.5 Å². The van der Waals surface area contributed by atoms with E-state index in [0.717, 1.165) is 5.56 Å². The van der Waals surface area contributed by atoms with Crippen molar-refractivity contribution in [3.63, 3.8) is 0 Å². The smallest absolute Gasteiger partial charge is 0.123 e. The first kappa shape index (κ1) is 10.2. The van der Waals surface area contributed by atoms with Crippen LogP contribution in [0.1, 0.15) is 12.0 Å². The van der Waals surface area contributed by atoms with Crippen molar-refractivity contribution >= 4 is 0 Å². The maximum atomic E-state index is 12.5. The molecule has 0 aliphatic heterocycles. The molecule has 1 unspecified atom stereocenters. The minimum absolute atomic E-state index is 0.221. The van der Waals surface area contributed by atoms with Crippen molar-refractivity contribution in [2.24, 2.45) is 0 Å². The van der Waals surface area contributed by atoms with E-state index in [4.69, 9.17) is 10.2 Å². The van der Waals surface area contributed by atoms with Crippen LogP contribution in [-0.4, -0.2) is 22.9 Å². The Labute approximate surface area is 76.6 Å². The van der Waals surface area contributed by atoms with Crippen LogP contribution < -0.4 is 0 Å². The number of hydrogen-bond acceptors (Lipinski definition) is 2. The Kier molecular flexibility index (Phi) is 3.86. The van der Waals surface area contributed by atoms with Gasteiger partial charge in [0.2, 0.25) is 0 Å². The zero-order chi connectivity index (χ0) is 9.68. The lowest BCUT2D eigenvalue weighted by atomic mass is 10.1. The summed E-state index contributed by atoms with van der Waals surface area (Å²) in [5, 5.41) is 17.6. The molecular formula is C10H13FO2. The molecule has 2 N–H and O–H groups in total. The van der Waals surface area contributed by atoms with Crippen molar-refractivity contribution in [2.75, 3.05) is 6.61 Å². The van der Waals surface area contributed by atoms with E-state index >= 15 is 0 Å². The van der Waals surface area contributed by atoms with Crippen molar-refractivity contribution in [2.45, 2.75) is 18.9 Å². The minimum atomic E-state index is -0.676. The number of aryl methyl sites for hydroxylation is 1. The molecule has 1 rings (SSSR count). The zero-order valence-corrected chi connectivity index (χ0v) is 7.28. The molecule has 3 heteroatoms. The molecule has 2 nitrogen and oxygen atoms in total. The predicted octanol–water partition coefficient (Wildman–Crippen LogP) is 1.11. The van der Waals surface area contributed by atoms with Gasteiger partial charge in [-0.15, -0.1) is 0 Å². The maximum Gasteiger partial charge on any atom is 0.123 e. The monoisotopic (exact) mass is 184 g/mol. The lowest BCUT2D eigenvalue weighted by Crippen LogP contribution is -2.12. The van der Waals surface area contributed by atoms with Crippen LogP contribution in [0.3, 0.4) is 0 Å². The summed E-state index contributed by atoms with van der Waals surface area (Å²) in [4.78, 5) is 0. The van der Waals surface area contributed by atoms with Gasteiger partial charge in [-0.2, -0.15) is 0 Å². The lowest BCUT2D eigenvalue weighted by Gasteiger charge is -2.06. The molecule has 1 atom stereocenters. The quantitative estimate of drug-likeness (QED) is 0.736. The molecule has 0 aromatic heterocycles. The molecule has 0 spiro atoms. The van der Waals surface area contributed by atoms with Crippen LogP contribution >= 0.6 is 0 Å². The van der Waals surface area contributed by atoms with Crippen molar-refractivity contribution in [1.29, 1.82) is 0 Å². The molecule has 1 aromatic carbocycles. The number of rotatable bonds is 4. The fraction of sp³-hybridized carbons (Fsp3) is 0.400. The van der Waals surface area contributed by atoms with Crippen LogP contribution in [0.2, 0.25) is 0 Å². The van der Waals surface area contributed by atoms with Crippen LogP contribution in [0.4, 0.5) is 4.39 Å². The summed E-state index contributed by atoms with van der Waals surface area (Å²) >= 11 is 0. The van der Waals surface area contributed by atoms with Crippen LogP contribution in [0.15, 0.2) is 24.3 Å². The second kappa shape index (κ2) is 4.94. The minimum Gasteiger partial charge on any atom is -0.394 e. The zero-order valence-electron chi connectivity index (χ0n) is 7.28. The van der Waals surface area contributed by atoms with Gasteiger partial charge in [0, 0.05) is 0 Å². The largest absolute Gasteiger partial charge is 0.394 e. The lowest BCUT2D eigenvalue weighted by molar-refractivity contribution is 0.0886. The summed E-state index contributed by atoms with van der Waals surface area (Å²) < 4.78 is 12.5. The van der Waals surface area contributed by atoms with Gasteiger partial charge in [0.25, 0.3) is 0 Å². The van der Waals surface area contributed by atoms with E-state index in [1.54, 1.807) is 12.1 Å². The highest BCUT2D eigenvalue weighted by Crippen LogP contribution is 2.06. The Morgan fingerprint density at radius 2 is 1.85 bits per heavy atom. The van der Waals surface area contributed by atoms with E-state index in [9.17, 15) is 4.39 Å². The fourth-order valence-electron chi connectivity index (χ4n) is 1.08. The second-order valence-corrected chi connectivity index (χ2v) is 3.00. The molecular weight excluding hydrogens is 171 g/mol. The Morgan fingerprint density at radius 3 is 2.38 bits per heavy atom. The molecule has 72 valence electrons. The molecule has 0 radical (unpaired) electrons. The molecule has 0 fully saturated rings. The van der Waals surface area contributed by atoms with Gasteiger partial charge in [-0.3, -0.25) is 0 Å².